The van der Waals surface area contributed by atoms with Crippen molar-refractivity contribution < 1.29 is 14.7 Å². The normalized spacial score (nSPS) is 11.7. The van der Waals surface area contributed by atoms with Crippen molar-refractivity contribution >= 4 is 29.9 Å². The predicted octanol–water partition coefficient (Wildman–Crippen LogP) is 2.11. The summed E-state index contributed by atoms with van der Waals surface area (Å²) < 4.78 is 0. The van der Waals surface area contributed by atoms with Crippen LogP contribution in [0, 0.1) is 11.3 Å². The molecule has 7 heteroatoms. The maximum Gasteiger partial charge on any atom is 0.252 e. The summed E-state index contributed by atoms with van der Waals surface area (Å²) in [6.07, 6.45) is 2.67. The Kier molecular flexibility index (Phi) is 6.00. The van der Waals surface area contributed by atoms with Crippen LogP contribution in [-0.4, -0.2) is 29.4 Å². The van der Waals surface area contributed by atoms with E-state index in [4.69, 9.17) is 5.41 Å². The Labute approximate surface area is 144 Å². The molecule has 0 saturated carbocycles. The third-order valence-electron chi connectivity index (χ3n) is 3.44. The summed E-state index contributed by atoms with van der Waals surface area (Å²) in [5.41, 5.74) is 4.05. The molecule has 0 fully saturated rings. The minimum Gasteiger partial charge on any atom is -0.506 e. The number of anilines is 1. The Balaban J connectivity index is 1.90. The molecular weight excluding hydrogens is 320 g/mol. The van der Waals surface area contributed by atoms with E-state index in [2.05, 4.69) is 15.8 Å². The molecule has 7 nitrogen and oxygen atoms in total. The molecule has 0 unspecified atom stereocenters. The monoisotopic (exact) mass is 338 g/mol. The number of nitrogens with one attached hydrogen (secondary N) is 3. The van der Waals surface area contributed by atoms with Gasteiger partial charge in [0, 0.05) is 6.21 Å². The SMILES string of the molecule is C[C@H](C(=O)N/N=C/c1ccc(C=N)cc1)C(=O)Nc1ccccc1O. The maximum atomic E-state index is 12.1. The van der Waals surface area contributed by atoms with Gasteiger partial charge in [-0.1, -0.05) is 36.4 Å². The van der Waals surface area contributed by atoms with Crippen LogP contribution < -0.4 is 10.7 Å². The molecule has 0 bridgehead atoms. The van der Waals surface area contributed by atoms with E-state index in [9.17, 15) is 14.7 Å². The second-order valence-corrected chi connectivity index (χ2v) is 5.27. The molecular formula is C18H18N4O3. The zero-order valence-corrected chi connectivity index (χ0v) is 13.6. The first-order chi connectivity index (χ1) is 12.0. The van der Waals surface area contributed by atoms with E-state index >= 15 is 0 Å². The van der Waals surface area contributed by atoms with Crippen molar-refractivity contribution in [2.45, 2.75) is 6.92 Å². The van der Waals surface area contributed by atoms with E-state index < -0.39 is 17.7 Å². The fourth-order valence-electron chi connectivity index (χ4n) is 1.88. The molecule has 2 aromatic carbocycles. The first-order valence-corrected chi connectivity index (χ1v) is 7.53. The Morgan fingerprint density at radius 2 is 1.72 bits per heavy atom. The summed E-state index contributed by atoms with van der Waals surface area (Å²) in [6, 6.07) is 13.3. The van der Waals surface area contributed by atoms with Crippen molar-refractivity contribution in [3.63, 3.8) is 0 Å². The van der Waals surface area contributed by atoms with Gasteiger partial charge in [-0.25, -0.2) is 5.43 Å². The number of nitrogens with zero attached hydrogens (tertiary/aromatic N) is 1. The number of phenolic OH excluding ortho intramolecular Hbond substituents is 1. The van der Waals surface area contributed by atoms with E-state index in [1.807, 2.05) is 0 Å². The zero-order valence-electron chi connectivity index (χ0n) is 13.6. The molecule has 0 radical (unpaired) electrons. The summed E-state index contributed by atoms with van der Waals surface area (Å²) in [5.74, 6) is -2.18. The van der Waals surface area contributed by atoms with E-state index in [0.717, 1.165) is 11.1 Å². The highest BCUT2D eigenvalue weighted by Crippen LogP contribution is 2.22. The standard InChI is InChI=1S/C18H18N4O3/c1-12(17(24)21-15-4-2-3-5-16(15)23)18(25)22-20-11-14-8-6-13(10-19)7-9-14/h2-12,19,23H,1H3,(H,21,24)(H,22,25)/b19-10?,20-11+/t12-/m0/s1. The second kappa shape index (κ2) is 8.39. The smallest absolute Gasteiger partial charge is 0.252 e. The number of para-hydroxylation sites is 2. The number of hydrazone groups is 1. The minimum absolute atomic E-state index is 0.0742. The van der Waals surface area contributed by atoms with Gasteiger partial charge >= 0.3 is 0 Å². The number of aromatic hydroxyl groups is 1. The average molecular weight is 338 g/mol. The quantitative estimate of drug-likeness (QED) is 0.280. The number of benzene rings is 2. The Hall–Kier alpha value is -3.48. The van der Waals surface area contributed by atoms with Gasteiger partial charge in [0.05, 0.1) is 11.9 Å². The number of carbonyl (C=O) groups excluding carboxylic acids is 2. The minimum atomic E-state index is -0.989. The van der Waals surface area contributed by atoms with Gasteiger partial charge in [0.2, 0.25) is 5.91 Å². The molecule has 1 atom stereocenters. The lowest BCUT2D eigenvalue weighted by atomic mass is 10.1. The highest BCUT2D eigenvalue weighted by Gasteiger charge is 2.21. The van der Waals surface area contributed by atoms with Crippen LogP contribution in [0.4, 0.5) is 5.69 Å². The first-order valence-electron chi connectivity index (χ1n) is 7.53. The van der Waals surface area contributed by atoms with Crippen LogP contribution in [-0.2, 0) is 9.59 Å². The lowest BCUT2D eigenvalue weighted by Crippen LogP contribution is -2.34. The van der Waals surface area contributed by atoms with Gasteiger partial charge in [-0.2, -0.15) is 5.10 Å². The highest BCUT2D eigenvalue weighted by molar-refractivity contribution is 6.06. The van der Waals surface area contributed by atoms with Crippen LogP contribution in [0.1, 0.15) is 18.1 Å². The molecule has 128 valence electrons. The van der Waals surface area contributed by atoms with Crippen LogP contribution in [0.2, 0.25) is 0 Å². The zero-order chi connectivity index (χ0) is 18.2. The van der Waals surface area contributed by atoms with E-state index in [1.54, 1.807) is 36.4 Å². The topological polar surface area (TPSA) is 115 Å². The van der Waals surface area contributed by atoms with E-state index in [0.29, 0.717) is 0 Å². The van der Waals surface area contributed by atoms with E-state index in [-0.39, 0.29) is 11.4 Å². The molecule has 0 aliphatic carbocycles. The molecule has 0 aliphatic heterocycles. The maximum absolute atomic E-state index is 12.1. The fourth-order valence-corrected chi connectivity index (χ4v) is 1.88. The van der Waals surface area contributed by atoms with E-state index in [1.165, 1.54) is 31.5 Å². The number of hydrogen-bond donors (Lipinski definition) is 4. The summed E-state index contributed by atoms with van der Waals surface area (Å²) >= 11 is 0. The number of phenols is 1. The van der Waals surface area contributed by atoms with Gasteiger partial charge in [0.15, 0.2) is 0 Å². The van der Waals surface area contributed by atoms with Crippen LogP contribution in [0.25, 0.3) is 0 Å². The molecule has 4 N–H and O–H groups in total. The van der Waals surface area contributed by atoms with Crippen molar-refractivity contribution in [3.8, 4) is 5.75 Å². The summed E-state index contributed by atoms with van der Waals surface area (Å²) in [7, 11) is 0. The Morgan fingerprint density at radius 3 is 2.36 bits per heavy atom. The van der Waals surface area contributed by atoms with Gasteiger partial charge in [-0.15, -0.1) is 0 Å². The average Bonchev–Trinajstić information content (AvgIpc) is 2.63. The van der Waals surface area contributed by atoms with Crippen LogP contribution in [0.5, 0.6) is 5.75 Å². The summed E-state index contributed by atoms with van der Waals surface area (Å²) in [4.78, 5) is 24.0. The Bertz CT molecular complexity index is 800. The predicted molar refractivity (Wildman–Crippen MR) is 96.0 cm³/mol. The van der Waals surface area contributed by atoms with Crippen LogP contribution in [0.3, 0.4) is 0 Å². The van der Waals surface area contributed by atoms with Crippen molar-refractivity contribution in [3.05, 3.63) is 59.7 Å². The second-order valence-electron chi connectivity index (χ2n) is 5.27. The molecule has 0 aromatic heterocycles. The number of carbonyl (C=O) groups is 2. The largest absolute Gasteiger partial charge is 0.506 e. The van der Waals surface area contributed by atoms with Gasteiger partial charge in [0.1, 0.15) is 11.7 Å². The van der Waals surface area contributed by atoms with Gasteiger partial charge in [-0.05, 0) is 30.2 Å². The molecule has 0 saturated heterocycles. The number of rotatable bonds is 6. The molecule has 2 rings (SSSR count). The van der Waals surface area contributed by atoms with Gasteiger partial charge < -0.3 is 15.8 Å². The third kappa shape index (κ3) is 5.00. The molecule has 0 spiro atoms. The van der Waals surface area contributed by atoms with Crippen LogP contribution >= 0.6 is 0 Å². The van der Waals surface area contributed by atoms with Crippen molar-refractivity contribution in [2.24, 2.45) is 11.0 Å². The Morgan fingerprint density at radius 1 is 1.08 bits per heavy atom. The third-order valence-corrected chi connectivity index (χ3v) is 3.44. The van der Waals surface area contributed by atoms with Crippen molar-refractivity contribution in [2.75, 3.05) is 5.32 Å². The summed E-state index contributed by atoms with van der Waals surface area (Å²) in [5, 5.41) is 23.1. The molecule has 2 aromatic rings. The van der Waals surface area contributed by atoms with Gasteiger partial charge in [-0.3, -0.25) is 9.59 Å². The van der Waals surface area contributed by atoms with Crippen molar-refractivity contribution in [1.82, 2.24) is 5.43 Å². The first kappa shape index (κ1) is 17.9. The summed E-state index contributed by atoms with van der Waals surface area (Å²) in [6.45, 7) is 1.44. The lowest BCUT2D eigenvalue weighted by Gasteiger charge is -2.11. The molecule has 0 aliphatic rings. The van der Waals surface area contributed by atoms with Crippen molar-refractivity contribution in [1.29, 1.82) is 5.41 Å². The molecule has 2 amide bonds. The van der Waals surface area contributed by atoms with Gasteiger partial charge in [0.25, 0.3) is 5.91 Å². The fraction of sp³-hybridized carbons (Fsp3) is 0.111. The lowest BCUT2D eigenvalue weighted by molar-refractivity contribution is -0.131. The number of amides is 2. The number of hydrogen-bond acceptors (Lipinski definition) is 5. The van der Waals surface area contributed by atoms with Crippen LogP contribution in [0.15, 0.2) is 53.6 Å². The molecule has 25 heavy (non-hydrogen) atoms. The molecule has 0 heterocycles. The highest BCUT2D eigenvalue weighted by atomic mass is 16.3.